The highest BCUT2D eigenvalue weighted by molar-refractivity contribution is 5.95. The highest BCUT2D eigenvalue weighted by atomic mass is 19.4. The number of likely N-dealkylation sites (tertiary alicyclic amines) is 1. The number of esters is 1. The van der Waals surface area contributed by atoms with Crippen LogP contribution in [0.2, 0.25) is 0 Å². The first-order valence-electron chi connectivity index (χ1n) is 10.7. The fourth-order valence-electron chi connectivity index (χ4n) is 4.94. The van der Waals surface area contributed by atoms with Crippen LogP contribution in [0.25, 0.3) is 11.5 Å². The minimum Gasteiger partial charge on any atom is -0.449 e. The third-order valence-corrected chi connectivity index (χ3v) is 6.85. The maximum absolute atomic E-state index is 13.5. The summed E-state index contributed by atoms with van der Waals surface area (Å²) in [5.41, 5.74) is 0.751. The number of hydrogen-bond acceptors (Lipinski definition) is 7. The number of amides is 1. The summed E-state index contributed by atoms with van der Waals surface area (Å²) in [6.07, 6.45) is 0.212. The van der Waals surface area contributed by atoms with Gasteiger partial charge in [-0.3, -0.25) is 9.78 Å². The standard InChI is InChI=1S/C23H17F3N4O4/c24-23(25,26)19-29-28-17(33-19)13-1-3-14(4-2-13)21(6-7-21)20(32)30-10-8-22(12-30)16-5-9-27-11-15(16)18(31)34-22/h1-5,9,11H,6-8,10,12H2. The molecule has 34 heavy (non-hydrogen) atoms. The number of carbonyl (C=O) groups is 2. The Bertz CT molecular complexity index is 1320. The quantitative estimate of drug-likeness (QED) is 0.541. The first kappa shape index (κ1) is 20.8. The van der Waals surface area contributed by atoms with Gasteiger partial charge in [0, 0.05) is 36.5 Å². The molecule has 3 aliphatic rings. The van der Waals surface area contributed by atoms with Gasteiger partial charge in [-0.2, -0.15) is 13.2 Å². The molecule has 11 heteroatoms. The van der Waals surface area contributed by atoms with Crippen LogP contribution in [0.3, 0.4) is 0 Å². The lowest BCUT2D eigenvalue weighted by atomic mass is 9.92. The molecule has 1 unspecified atom stereocenters. The molecular weight excluding hydrogens is 453 g/mol. The van der Waals surface area contributed by atoms with E-state index in [1.165, 1.54) is 6.20 Å². The van der Waals surface area contributed by atoms with E-state index < -0.39 is 29.1 Å². The van der Waals surface area contributed by atoms with E-state index in [2.05, 4.69) is 15.2 Å². The topological polar surface area (TPSA) is 98.4 Å². The van der Waals surface area contributed by atoms with Crippen LogP contribution in [-0.2, 0) is 26.7 Å². The summed E-state index contributed by atoms with van der Waals surface area (Å²) in [6, 6.07) is 8.33. The predicted molar refractivity (Wildman–Crippen MR) is 108 cm³/mol. The Balaban J connectivity index is 1.22. The number of alkyl halides is 3. The molecule has 0 N–H and O–H groups in total. The van der Waals surface area contributed by atoms with Crippen molar-refractivity contribution in [2.75, 3.05) is 13.1 Å². The molecule has 2 aliphatic heterocycles. The largest absolute Gasteiger partial charge is 0.470 e. The van der Waals surface area contributed by atoms with Gasteiger partial charge >= 0.3 is 18.0 Å². The number of hydrogen-bond donors (Lipinski definition) is 0. The van der Waals surface area contributed by atoms with Crippen LogP contribution < -0.4 is 0 Å². The first-order valence-corrected chi connectivity index (χ1v) is 10.7. The molecule has 174 valence electrons. The van der Waals surface area contributed by atoms with Gasteiger partial charge in [0.05, 0.1) is 17.5 Å². The number of benzene rings is 1. The molecule has 0 bridgehead atoms. The minimum absolute atomic E-state index is 0.0483. The first-order chi connectivity index (χ1) is 16.2. The second kappa shape index (κ2) is 6.87. The molecule has 3 aromatic rings. The number of nitrogens with zero attached hydrogens (tertiary/aromatic N) is 4. The molecule has 1 atom stereocenters. The van der Waals surface area contributed by atoms with E-state index in [0.29, 0.717) is 36.9 Å². The Kier molecular flexibility index (Phi) is 4.21. The second-order valence-corrected chi connectivity index (χ2v) is 8.85. The summed E-state index contributed by atoms with van der Waals surface area (Å²) in [4.78, 5) is 31.6. The number of ether oxygens (including phenoxy) is 1. The van der Waals surface area contributed by atoms with Crippen molar-refractivity contribution >= 4 is 11.9 Å². The molecule has 2 fully saturated rings. The van der Waals surface area contributed by atoms with Crippen LogP contribution in [0.15, 0.2) is 47.1 Å². The molecule has 1 amide bonds. The summed E-state index contributed by atoms with van der Waals surface area (Å²) < 4.78 is 48.6. The van der Waals surface area contributed by atoms with Gasteiger partial charge < -0.3 is 14.1 Å². The molecule has 6 rings (SSSR count). The third kappa shape index (κ3) is 3.02. The van der Waals surface area contributed by atoms with Crippen molar-refractivity contribution in [2.45, 2.75) is 36.5 Å². The molecular formula is C23H17F3N4O4. The molecule has 1 aliphatic carbocycles. The van der Waals surface area contributed by atoms with Crippen molar-refractivity contribution in [3.05, 3.63) is 65.3 Å². The van der Waals surface area contributed by atoms with Crippen molar-refractivity contribution < 1.29 is 31.9 Å². The zero-order chi connectivity index (χ0) is 23.7. The molecule has 2 aromatic heterocycles. The van der Waals surface area contributed by atoms with Gasteiger partial charge in [0.15, 0.2) is 5.60 Å². The van der Waals surface area contributed by atoms with E-state index in [1.807, 2.05) is 0 Å². The Morgan fingerprint density at radius 3 is 2.50 bits per heavy atom. The maximum Gasteiger partial charge on any atom is 0.470 e. The van der Waals surface area contributed by atoms with E-state index in [1.54, 1.807) is 41.4 Å². The van der Waals surface area contributed by atoms with Crippen LogP contribution >= 0.6 is 0 Å². The van der Waals surface area contributed by atoms with Crippen molar-refractivity contribution in [1.82, 2.24) is 20.1 Å². The lowest BCUT2D eigenvalue weighted by Crippen LogP contribution is -2.40. The van der Waals surface area contributed by atoms with Crippen LogP contribution in [0, 0.1) is 0 Å². The molecule has 8 nitrogen and oxygen atoms in total. The third-order valence-electron chi connectivity index (χ3n) is 6.85. The maximum atomic E-state index is 13.5. The predicted octanol–water partition coefficient (Wildman–Crippen LogP) is 3.48. The van der Waals surface area contributed by atoms with Crippen LogP contribution in [0.4, 0.5) is 13.2 Å². The van der Waals surface area contributed by atoms with E-state index in [-0.39, 0.29) is 18.3 Å². The average Bonchev–Trinajstić information content (AvgIpc) is 3.17. The zero-order valence-corrected chi connectivity index (χ0v) is 17.6. The van der Waals surface area contributed by atoms with Crippen LogP contribution in [0.1, 0.15) is 46.6 Å². The number of aromatic nitrogens is 3. The average molecular weight is 470 g/mol. The fraction of sp³-hybridized carbons (Fsp3) is 0.348. The molecule has 1 spiro atoms. The van der Waals surface area contributed by atoms with Gasteiger partial charge in [-0.05, 0) is 36.6 Å². The summed E-state index contributed by atoms with van der Waals surface area (Å²) >= 11 is 0. The van der Waals surface area contributed by atoms with Gasteiger partial charge in [-0.1, -0.05) is 12.1 Å². The van der Waals surface area contributed by atoms with E-state index in [4.69, 9.17) is 9.15 Å². The van der Waals surface area contributed by atoms with Gasteiger partial charge in [0.25, 0.3) is 0 Å². The van der Waals surface area contributed by atoms with Gasteiger partial charge in [-0.15, -0.1) is 10.2 Å². The summed E-state index contributed by atoms with van der Waals surface area (Å²) in [5, 5.41) is 6.51. The molecule has 1 saturated heterocycles. The van der Waals surface area contributed by atoms with Gasteiger partial charge in [-0.25, -0.2) is 4.79 Å². The lowest BCUT2D eigenvalue weighted by molar-refractivity contribution is -0.157. The number of carbonyl (C=O) groups excluding carboxylic acids is 2. The van der Waals surface area contributed by atoms with Gasteiger partial charge in [0.2, 0.25) is 11.8 Å². The van der Waals surface area contributed by atoms with Crippen molar-refractivity contribution in [2.24, 2.45) is 0 Å². The normalized spacial score (nSPS) is 22.7. The Hall–Kier alpha value is -3.76. The SMILES string of the molecule is O=C1OC2(CCN(C(=O)C3(c4ccc(-c5nnc(C(F)(F)F)o5)cc4)CC3)C2)c2ccncc21. The smallest absolute Gasteiger partial charge is 0.449 e. The number of fused-ring (bicyclic) bond motifs is 2. The van der Waals surface area contributed by atoms with E-state index in [9.17, 15) is 22.8 Å². The summed E-state index contributed by atoms with van der Waals surface area (Å²) in [6.45, 7) is 0.729. The Labute approximate surface area is 190 Å². The Morgan fingerprint density at radius 1 is 1.06 bits per heavy atom. The minimum atomic E-state index is -4.71. The monoisotopic (exact) mass is 470 g/mol. The molecule has 0 radical (unpaired) electrons. The number of pyridine rings is 1. The lowest BCUT2D eigenvalue weighted by Gasteiger charge is -2.27. The molecule has 1 saturated carbocycles. The second-order valence-electron chi connectivity index (χ2n) is 8.85. The number of halogens is 3. The van der Waals surface area contributed by atoms with Crippen molar-refractivity contribution in [3.63, 3.8) is 0 Å². The Morgan fingerprint density at radius 2 is 1.82 bits per heavy atom. The highest BCUT2D eigenvalue weighted by Gasteiger charge is 2.57. The highest BCUT2D eigenvalue weighted by Crippen LogP contribution is 2.52. The van der Waals surface area contributed by atoms with Crippen LogP contribution in [-0.4, -0.2) is 45.0 Å². The molecule has 4 heterocycles. The van der Waals surface area contributed by atoms with Gasteiger partial charge in [0.1, 0.15) is 0 Å². The number of rotatable bonds is 3. The van der Waals surface area contributed by atoms with E-state index in [0.717, 1.165) is 11.1 Å². The molecule has 1 aromatic carbocycles. The zero-order valence-electron chi connectivity index (χ0n) is 17.6. The van der Waals surface area contributed by atoms with Crippen molar-refractivity contribution in [3.8, 4) is 11.5 Å². The van der Waals surface area contributed by atoms with E-state index >= 15 is 0 Å². The summed E-state index contributed by atoms with van der Waals surface area (Å²) in [7, 11) is 0. The fourth-order valence-corrected chi connectivity index (χ4v) is 4.94. The van der Waals surface area contributed by atoms with Crippen molar-refractivity contribution in [1.29, 1.82) is 0 Å². The summed E-state index contributed by atoms with van der Waals surface area (Å²) in [5.74, 6) is -2.13. The van der Waals surface area contributed by atoms with Crippen LogP contribution in [0.5, 0.6) is 0 Å².